The van der Waals surface area contributed by atoms with Crippen molar-refractivity contribution in [2.24, 2.45) is 5.92 Å². The Morgan fingerprint density at radius 3 is 2.52 bits per heavy atom. The normalized spacial score (nSPS) is 23.1. The van der Waals surface area contributed by atoms with E-state index in [1.54, 1.807) is 0 Å². The number of pyridine rings is 1. The molecule has 4 nitrogen and oxygen atoms in total. The van der Waals surface area contributed by atoms with Crippen LogP contribution in [-0.2, 0) is 4.79 Å². The Kier molecular flexibility index (Phi) is 6.26. The lowest BCUT2D eigenvalue weighted by Crippen LogP contribution is -2.31. The maximum absolute atomic E-state index is 10.0. The molecule has 1 aromatic carbocycles. The molecule has 1 N–H and O–H groups in total. The van der Waals surface area contributed by atoms with Gasteiger partial charge in [-0.25, -0.2) is 0 Å². The van der Waals surface area contributed by atoms with Gasteiger partial charge in [0.1, 0.15) is 11.3 Å². The number of hydrogen-bond donors (Lipinski definition) is 1. The predicted octanol–water partition coefficient (Wildman–Crippen LogP) is 4.48. The fourth-order valence-corrected chi connectivity index (χ4v) is 3.36. The van der Waals surface area contributed by atoms with Crippen molar-refractivity contribution in [3.63, 3.8) is 0 Å². The average Bonchev–Trinajstić information content (AvgIpc) is 2.61. The second-order valence-electron chi connectivity index (χ2n) is 7.24. The van der Waals surface area contributed by atoms with E-state index in [9.17, 15) is 4.79 Å². The van der Waals surface area contributed by atoms with Crippen molar-refractivity contribution in [3.8, 4) is 5.75 Å². The van der Waals surface area contributed by atoms with E-state index >= 15 is 0 Å². The molecular formula is C21H28N2O2. The molecule has 1 amide bonds. The highest BCUT2D eigenvalue weighted by atomic mass is 16.5. The number of amides is 1. The molecule has 134 valence electrons. The molecule has 1 aromatic heterocycles. The third-order valence-corrected chi connectivity index (χ3v) is 5.26. The number of nitrogens with zero attached hydrogens (tertiary/aromatic N) is 1. The van der Waals surface area contributed by atoms with Gasteiger partial charge in [0.15, 0.2) is 0 Å². The van der Waals surface area contributed by atoms with Crippen molar-refractivity contribution in [2.45, 2.75) is 64.0 Å². The number of fused-ring (bicyclic) bond motifs is 1. The molecule has 4 heteroatoms. The second kappa shape index (κ2) is 8.84. The third kappa shape index (κ3) is 4.94. The lowest BCUT2D eigenvalue weighted by atomic mass is 9.87. The van der Waals surface area contributed by atoms with Crippen LogP contribution in [0.15, 0.2) is 36.5 Å². The van der Waals surface area contributed by atoms with Gasteiger partial charge in [0.05, 0.1) is 6.10 Å². The zero-order chi connectivity index (χ0) is 17.5. The van der Waals surface area contributed by atoms with Crippen LogP contribution >= 0.6 is 0 Å². The Hall–Kier alpha value is -2.10. The number of hydrogen-bond acceptors (Lipinski definition) is 3. The van der Waals surface area contributed by atoms with E-state index in [1.807, 2.05) is 24.4 Å². The van der Waals surface area contributed by atoms with Gasteiger partial charge in [0.25, 0.3) is 0 Å². The smallest absolute Gasteiger partial charge is 0.207 e. The molecule has 25 heavy (non-hydrogen) atoms. The second-order valence-corrected chi connectivity index (χ2v) is 7.24. The van der Waals surface area contributed by atoms with Crippen molar-refractivity contribution < 1.29 is 9.53 Å². The zero-order valence-corrected chi connectivity index (χ0v) is 15.0. The fraction of sp³-hybridized carbons (Fsp3) is 0.524. The summed E-state index contributed by atoms with van der Waals surface area (Å²) in [5.41, 5.74) is 0.979. The van der Waals surface area contributed by atoms with E-state index in [1.165, 1.54) is 44.9 Å². The van der Waals surface area contributed by atoms with Gasteiger partial charge in [0, 0.05) is 17.6 Å². The van der Waals surface area contributed by atoms with E-state index in [-0.39, 0.29) is 0 Å². The molecule has 0 atom stereocenters. The van der Waals surface area contributed by atoms with Gasteiger partial charge in [-0.05, 0) is 63.0 Å². The van der Waals surface area contributed by atoms with Crippen LogP contribution in [0.3, 0.4) is 0 Å². The van der Waals surface area contributed by atoms with Crippen LogP contribution in [0, 0.1) is 5.92 Å². The maximum Gasteiger partial charge on any atom is 0.207 e. The molecule has 2 aromatic rings. The van der Waals surface area contributed by atoms with Crippen LogP contribution in [-0.4, -0.2) is 23.5 Å². The number of carbonyl (C=O) groups is 1. The minimum Gasteiger partial charge on any atom is -0.488 e. The van der Waals surface area contributed by atoms with E-state index in [2.05, 4.69) is 29.4 Å². The van der Waals surface area contributed by atoms with E-state index in [0.717, 1.165) is 29.0 Å². The van der Waals surface area contributed by atoms with Gasteiger partial charge in [-0.15, -0.1) is 0 Å². The Labute approximate surface area is 150 Å². The first-order valence-corrected chi connectivity index (χ1v) is 9.46. The van der Waals surface area contributed by atoms with Gasteiger partial charge < -0.3 is 10.1 Å². The van der Waals surface area contributed by atoms with Crippen molar-refractivity contribution >= 4 is 17.3 Å². The number of rotatable bonds is 4. The third-order valence-electron chi connectivity index (χ3n) is 5.26. The Balaban J connectivity index is 0.000000160. The lowest BCUT2D eigenvalue weighted by molar-refractivity contribution is -0.110. The van der Waals surface area contributed by atoms with Crippen LogP contribution in [0.5, 0.6) is 5.75 Å². The Morgan fingerprint density at radius 2 is 1.84 bits per heavy atom. The molecule has 2 saturated carbocycles. The summed E-state index contributed by atoms with van der Waals surface area (Å²) >= 11 is 0. The summed E-state index contributed by atoms with van der Waals surface area (Å²) in [6.45, 7) is 2.27. The van der Waals surface area contributed by atoms with Gasteiger partial charge in [-0.2, -0.15) is 0 Å². The number of ether oxygens (including phenoxy) is 1. The molecule has 2 fully saturated rings. The van der Waals surface area contributed by atoms with Gasteiger partial charge in [0.2, 0.25) is 6.41 Å². The van der Waals surface area contributed by atoms with Crippen molar-refractivity contribution in [1.29, 1.82) is 0 Å². The predicted molar refractivity (Wildman–Crippen MR) is 101 cm³/mol. The van der Waals surface area contributed by atoms with E-state index in [0.29, 0.717) is 12.1 Å². The summed E-state index contributed by atoms with van der Waals surface area (Å²) in [6, 6.07) is 10.6. The Bertz CT molecular complexity index is 671. The zero-order valence-electron chi connectivity index (χ0n) is 15.0. The lowest BCUT2D eigenvalue weighted by Gasteiger charge is -2.26. The van der Waals surface area contributed by atoms with Crippen LogP contribution < -0.4 is 10.1 Å². The minimum atomic E-state index is 0.414. The van der Waals surface area contributed by atoms with E-state index in [4.69, 9.17) is 4.74 Å². The molecule has 0 saturated heterocycles. The average molecular weight is 340 g/mol. The van der Waals surface area contributed by atoms with E-state index < -0.39 is 0 Å². The quantitative estimate of drug-likeness (QED) is 0.835. The number of benzene rings is 1. The van der Waals surface area contributed by atoms with Gasteiger partial charge in [-0.3, -0.25) is 9.78 Å². The molecule has 2 aliphatic carbocycles. The molecule has 0 bridgehead atoms. The maximum atomic E-state index is 10.0. The SMILES string of the molecule is CC1CCC(NC=O)CC1.c1cnc2c(OC3CCC3)cccc2c1. The number of aromatic nitrogens is 1. The molecule has 0 spiro atoms. The summed E-state index contributed by atoms with van der Waals surface area (Å²) in [7, 11) is 0. The highest BCUT2D eigenvalue weighted by molar-refractivity contribution is 5.84. The molecule has 0 radical (unpaired) electrons. The summed E-state index contributed by atoms with van der Waals surface area (Å²) < 4.78 is 5.90. The summed E-state index contributed by atoms with van der Waals surface area (Å²) in [4.78, 5) is 14.4. The fourth-order valence-electron chi connectivity index (χ4n) is 3.36. The van der Waals surface area contributed by atoms with Crippen molar-refractivity contribution in [3.05, 3.63) is 36.5 Å². The molecule has 2 aliphatic rings. The number of carbonyl (C=O) groups excluding carboxylic acids is 1. The van der Waals surface area contributed by atoms with Crippen LogP contribution in [0.4, 0.5) is 0 Å². The standard InChI is InChI=1S/C13H13NO.C8H15NO/c1-4-10-5-3-9-14-13(10)12(8-1)15-11-6-2-7-11;1-7-2-4-8(5-3-7)9-6-10/h1,3-5,8-9,11H,2,6-7H2;6-8H,2-5H2,1H3,(H,9,10). The summed E-state index contributed by atoms with van der Waals surface area (Å²) in [5.74, 6) is 1.79. The highest BCUT2D eigenvalue weighted by Gasteiger charge is 2.20. The summed E-state index contributed by atoms with van der Waals surface area (Å²) in [5, 5.41) is 3.97. The molecule has 1 heterocycles. The van der Waals surface area contributed by atoms with Crippen molar-refractivity contribution in [1.82, 2.24) is 10.3 Å². The van der Waals surface area contributed by atoms with Crippen molar-refractivity contribution in [2.75, 3.05) is 0 Å². The van der Waals surface area contributed by atoms with Crippen LogP contribution in [0.1, 0.15) is 51.9 Å². The van der Waals surface area contributed by atoms with Crippen LogP contribution in [0.2, 0.25) is 0 Å². The highest BCUT2D eigenvalue weighted by Crippen LogP contribution is 2.29. The summed E-state index contributed by atoms with van der Waals surface area (Å²) in [6.07, 6.45) is 11.6. The molecule has 0 aliphatic heterocycles. The van der Waals surface area contributed by atoms with Gasteiger partial charge >= 0.3 is 0 Å². The monoisotopic (exact) mass is 340 g/mol. The first-order chi connectivity index (χ1) is 12.3. The topological polar surface area (TPSA) is 51.2 Å². The first kappa shape index (κ1) is 17.7. The first-order valence-electron chi connectivity index (χ1n) is 9.46. The van der Waals surface area contributed by atoms with Crippen LogP contribution in [0.25, 0.3) is 10.9 Å². The molecule has 4 rings (SSSR count). The number of nitrogens with one attached hydrogen (secondary N) is 1. The van der Waals surface area contributed by atoms with Gasteiger partial charge in [-0.1, -0.05) is 25.1 Å². The molecular weight excluding hydrogens is 312 g/mol. The Morgan fingerprint density at radius 1 is 1.08 bits per heavy atom. The number of para-hydroxylation sites is 1. The molecule has 0 unspecified atom stereocenters. The minimum absolute atomic E-state index is 0.414. The largest absolute Gasteiger partial charge is 0.488 e.